The summed E-state index contributed by atoms with van der Waals surface area (Å²) in [5, 5.41) is 3.26. The summed E-state index contributed by atoms with van der Waals surface area (Å²) in [5.74, 6) is 1.83. The lowest BCUT2D eigenvalue weighted by atomic mass is 10.3. The maximum Gasteiger partial charge on any atom is 0.138 e. The first-order valence-corrected chi connectivity index (χ1v) is 6.18. The Hall–Kier alpha value is -0.610. The number of thioether (sulfide) groups is 1. The van der Waals surface area contributed by atoms with Gasteiger partial charge in [0, 0.05) is 12.2 Å². The van der Waals surface area contributed by atoms with Crippen molar-refractivity contribution in [3.8, 4) is 0 Å². The summed E-state index contributed by atoms with van der Waals surface area (Å²) >= 11 is 1.75. The van der Waals surface area contributed by atoms with Crippen LogP contribution in [0.25, 0.3) is 0 Å². The Bertz CT molecular complexity index is 289. The van der Waals surface area contributed by atoms with Crippen molar-refractivity contribution in [1.82, 2.24) is 15.3 Å². The van der Waals surface area contributed by atoms with Gasteiger partial charge in [0.05, 0.1) is 11.4 Å². The number of aryl methyl sites for hydroxylation is 1. The SMILES string of the molecule is CCNCc1cc(C)nc(CSC)n1. The molecule has 0 bridgehead atoms. The fourth-order valence-electron chi connectivity index (χ4n) is 1.24. The zero-order chi connectivity index (χ0) is 10.4. The second-order valence-electron chi connectivity index (χ2n) is 3.13. The van der Waals surface area contributed by atoms with Gasteiger partial charge in [-0.3, -0.25) is 0 Å². The van der Waals surface area contributed by atoms with Gasteiger partial charge < -0.3 is 5.32 Å². The predicted molar refractivity (Wildman–Crippen MR) is 61.4 cm³/mol. The first-order chi connectivity index (χ1) is 6.76. The molecule has 14 heavy (non-hydrogen) atoms. The van der Waals surface area contributed by atoms with Gasteiger partial charge in [-0.25, -0.2) is 9.97 Å². The van der Waals surface area contributed by atoms with Crippen LogP contribution in [0.4, 0.5) is 0 Å². The third-order valence-corrected chi connectivity index (χ3v) is 2.33. The van der Waals surface area contributed by atoms with E-state index < -0.39 is 0 Å². The monoisotopic (exact) mass is 211 g/mol. The summed E-state index contributed by atoms with van der Waals surface area (Å²) in [4.78, 5) is 8.84. The van der Waals surface area contributed by atoms with Gasteiger partial charge in [0.1, 0.15) is 5.82 Å². The van der Waals surface area contributed by atoms with E-state index in [1.165, 1.54) is 0 Å². The molecule has 0 saturated heterocycles. The summed E-state index contributed by atoms with van der Waals surface area (Å²) < 4.78 is 0. The fourth-order valence-corrected chi connectivity index (χ4v) is 1.62. The first-order valence-electron chi connectivity index (χ1n) is 4.79. The van der Waals surface area contributed by atoms with E-state index in [9.17, 15) is 0 Å². The molecule has 0 saturated carbocycles. The highest BCUT2D eigenvalue weighted by molar-refractivity contribution is 7.97. The smallest absolute Gasteiger partial charge is 0.138 e. The summed E-state index contributed by atoms with van der Waals surface area (Å²) in [5.41, 5.74) is 2.14. The van der Waals surface area contributed by atoms with Crippen molar-refractivity contribution < 1.29 is 0 Å². The Morgan fingerprint density at radius 1 is 1.43 bits per heavy atom. The Morgan fingerprint density at radius 2 is 2.21 bits per heavy atom. The molecule has 1 rings (SSSR count). The van der Waals surface area contributed by atoms with Gasteiger partial charge in [0.15, 0.2) is 0 Å². The number of nitrogens with zero attached hydrogens (tertiary/aromatic N) is 2. The van der Waals surface area contributed by atoms with Gasteiger partial charge in [-0.2, -0.15) is 11.8 Å². The van der Waals surface area contributed by atoms with E-state index in [0.29, 0.717) is 0 Å². The fraction of sp³-hybridized carbons (Fsp3) is 0.600. The highest BCUT2D eigenvalue weighted by atomic mass is 32.2. The van der Waals surface area contributed by atoms with Gasteiger partial charge >= 0.3 is 0 Å². The second kappa shape index (κ2) is 5.98. The molecule has 4 heteroatoms. The molecule has 0 unspecified atom stereocenters. The molecule has 0 radical (unpaired) electrons. The van der Waals surface area contributed by atoms with Crippen LogP contribution in [-0.2, 0) is 12.3 Å². The number of rotatable bonds is 5. The lowest BCUT2D eigenvalue weighted by Gasteiger charge is -2.05. The van der Waals surface area contributed by atoms with E-state index in [4.69, 9.17) is 0 Å². The lowest BCUT2D eigenvalue weighted by molar-refractivity contribution is 0.702. The Morgan fingerprint density at radius 3 is 2.86 bits per heavy atom. The Balaban J connectivity index is 2.73. The molecular weight excluding hydrogens is 194 g/mol. The molecule has 1 N–H and O–H groups in total. The average molecular weight is 211 g/mol. The summed E-state index contributed by atoms with van der Waals surface area (Å²) in [7, 11) is 0. The van der Waals surface area contributed by atoms with Crippen LogP contribution in [0.3, 0.4) is 0 Å². The van der Waals surface area contributed by atoms with Gasteiger partial charge in [-0.05, 0) is 25.8 Å². The largest absolute Gasteiger partial charge is 0.311 e. The van der Waals surface area contributed by atoms with Crippen molar-refractivity contribution in [2.75, 3.05) is 12.8 Å². The minimum atomic E-state index is 0.835. The van der Waals surface area contributed by atoms with Gasteiger partial charge in [-0.15, -0.1) is 0 Å². The van der Waals surface area contributed by atoms with Crippen LogP contribution in [0.5, 0.6) is 0 Å². The number of hydrogen-bond donors (Lipinski definition) is 1. The van der Waals surface area contributed by atoms with E-state index in [1.54, 1.807) is 11.8 Å². The maximum absolute atomic E-state index is 4.47. The van der Waals surface area contributed by atoms with E-state index in [2.05, 4.69) is 28.5 Å². The Labute approximate surface area is 89.7 Å². The van der Waals surface area contributed by atoms with Crippen LogP contribution in [-0.4, -0.2) is 22.8 Å². The quantitative estimate of drug-likeness (QED) is 0.805. The van der Waals surface area contributed by atoms with E-state index in [-0.39, 0.29) is 0 Å². The molecule has 0 aromatic carbocycles. The number of nitrogens with one attached hydrogen (secondary N) is 1. The van der Waals surface area contributed by atoms with Crippen molar-refractivity contribution in [1.29, 1.82) is 0 Å². The molecular formula is C10H17N3S. The minimum absolute atomic E-state index is 0.835. The minimum Gasteiger partial charge on any atom is -0.311 e. The topological polar surface area (TPSA) is 37.8 Å². The zero-order valence-electron chi connectivity index (χ0n) is 9.00. The van der Waals surface area contributed by atoms with Crippen molar-refractivity contribution in [2.24, 2.45) is 0 Å². The van der Waals surface area contributed by atoms with Crippen LogP contribution in [0.1, 0.15) is 24.1 Å². The summed E-state index contributed by atoms with van der Waals surface area (Å²) in [6.07, 6.45) is 2.07. The lowest BCUT2D eigenvalue weighted by Crippen LogP contribution is -2.14. The first kappa shape index (κ1) is 11.5. The normalized spacial score (nSPS) is 10.5. The molecule has 0 spiro atoms. The van der Waals surface area contributed by atoms with Crippen LogP contribution < -0.4 is 5.32 Å². The maximum atomic E-state index is 4.47. The standard InChI is InChI=1S/C10H17N3S/c1-4-11-6-9-5-8(2)12-10(13-9)7-14-3/h5,11H,4,6-7H2,1-3H3. The van der Waals surface area contributed by atoms with Crippen LogP contribution in [0.2, 0.25) is 0 Å². The molecule has 0 aliphatic carbocycles. The average Bonchev–Trinajstić information content (AvgIpc) is 2.14. The van der Waals surface area contributed by atoms with Gasteiger partial charge in [0.2, 0.25) is 0 Å². The molecule has 0 aliphatic heterocycles. The van der Waals surface area contributed by atoms with E-state index in [0.717, 1.165) is 36.1 Å². The molecule has 0 aliphatic rings. The molecule has 0 fully saturated rings. The molecule has 78 valence electrons. The van der Waals surface area contributed by atoms with Crippen molar-refractivity contribution in [2.45, 2.75) is 26.1 Å². The van der Waals surface area contributed by atoms with Crippen LogP contribution >= 0.6 is 11.8 Å². The molecule has 1 aromatic rings. The third-order valence-electron chi connectivity index (χ3n) is 1.78. The highest BCUT2D eigenvalue weighted by Gasteiger charge is 2.00. The zero-order valence-corrected chi connectivity index (χ0v) is 9.82. The molecule has 3 nitrogen and oxygen atoms in total. The van der Waals surface area contributed by atoms with E-state index >= 15 is 0 Å². The van der Waals surface area contributed by atoms with Crippen LogP contribution in [0, 0.1) is 6.92 Å². The van der Waals surface area contributed by atoms with Crippen molar-refractivity contribution in [3.05, 3.63) is 23.3 Å². The van der Waals surface area contributed by atoms with Crippen molar-refractivity contribution >= 4 is 11.8 Å². The Kier molecular flexibility index (Phi) is 4.90. The second-order valence-corrected chi connectivity index (χ2v) is 4.00. The molecule has 1 heterocycles. The van der Waals surface area contributed by atoms with Gasteiger partial charge in [0.25, 0.3) is 0 Å². The van der Waals surface area contributed by atoms with Crippen LogP contribution in [0.15, 0.2) is 6.07 Å². The van der Waals surface area contributed by atoms with Gasteiger partial charge in [-0.1, -0.05) is 6.92 Å². The summed E-state index contributed by atoms with van der Waals surface area (Å²) in [6.45, 7) is 5.92. The van der Waals surface area contributed by atoms with E-state index in [1.807, 2.05) is 13.0 Å². The molecule has 1 aromatic heterocycles. The highest BCUT2D eigenvalue weighted by Crippen LogP contribution is 2.06. The number of aromatic nitrogens is 2. The number of hydrogen-bond acceptors (Lipinski definition) is 4. The van der Waals surface area contributed by atoms with Crippen molar-refractivity contribution in [3.63, 3.8) is 0 Å². The predicted octanol–water partition coefficient (Wildman–Crippen LogP) is 1.76. The molecule has 0 atom stereocenters. The third kappa shape index (κ3) is 3.64. The summed E-state index contributed by atoms with van der Waals surface area (Å²) in [6, 6.07) is 2.03. The molecule has 0 amide bonds.